The Kier molecular flexibility index (Phi) is 4.12. The van der Waals surface area contributed by atoms with Crippen molar-refractivity contribution in [2.75, 3.05) is 13.1 Å². The number of hydrogen-bond donors (Lipinski definition) is 1. The molecule has 0 bridgehead atoms. The Hall–Kier alpha value is -0.410. The van der Waals surface area contributed by atoms with Crippen LogP contribution in [0.25, 0.3) is 0 Å². The zero-order valence-corrected chi connectivity index (χ0v) is 12.8. The summed E-state index contributed by atoms with van der Waals surface area (Å²) < 4.78 is 14.8. The highest BCUT2D eigenvalue weighted by molar-refractivity contribution is 9.10. The van der Waals surface area contributed by atoms with Crippen molar-refractivity contribution in [2.24, 2.45) is 11.8 Å². The molecule has 0 aliphatic heterocycles. The van der Waals surface area contributed by atoms with E-state index < -0.39 is 0 Å². The molecule has 2 atom stereocenters. The highest BCUT2D eigenvalue weighted by Crippen LogP contribution is 2.54. The van der Waals surface area contributed by atoms with E-state index in [-0.39, 0.29) is 11.2 Å². The molecule has 18 heavy (non-hydrogen) atoms. The van der Waals surface area contributed by atoms with E-state index in [9.17, 15) is 4.39 Å². The largest absolute Gasteiger partial charge is 0.316 e. The Morgan fingerprint density at radius 3 is 2.83 bits per heavy atom. The number of hydrogen-bond acceptors (Lipinski definition) is 1. The Morgan fingerprint density at radius 1 is 1.50 bits per heavy atom. The van der Waals surface area contributed by atoms with E-state index in [1.54, 1.807) is 6.07 Å². The zero-order chi connectivity index (χ0) is 13.3. The van der Waals surface area contributed by atoms with Crippen molar-refractivity contribution in [3.8, 4) is 0 Å². The average Bonchev–Trinajstić information content (AvgIpc) is 2.89. The first-order valence-corrected chi connectivity index (χ1v) is 7.39. The monoisotopic (exact) mass is 313 g/mol. The summed E-state index contributed by atoms with van der Waals surface area (Å²) in [5, 5.41) is 3.47. The van der Waals surface area contributed by atoms with Gasteiger partial charge in [0, 0.05) is 4.47 Å². The van der Waals surface area contributed by atoms with Crippen LogP contribution in [-0.4, -0.2) is 13.1 Å². The molecular formula is C15H21BrFN. The lowest BCUT2D eigenvalue weighted by Gasteiger charge is -2.14. The van der Waals surface area contributed by atoms with Gasteiger partial charge < -0.3 is 5.32 Å². The molecule has 2 rings (SSSR count). The summed E-state index contributed by atoms with van der Waals surface area (Å²) in [7, 11) is 0. The summed E-state index contributed by atoms with van der Waals surface area (Å²) in [5.74, 6) is 1.14. The molecule has 1 aliphatic carbocycles. The van der Waals surface area contributed by atoms with Gasteiger partial charge in [-0.2, -0.15) is 0 Å². The molecule has 1 nitrogen and oxygen atoms in total. The number of halogens is 2. The second-order valence-corrected chi connectivity index (χ2v) is 6.91. The second kappa shape index (κ2) is 5.30. The lowest BCUT2D eigenvalue weighted by atomic mass is 9.95. The topological polar surface area (TPSA) is 12.0 Å². The van der Waals surface area contributed by atoms with Crippen molar-refractivity contribution >= 4 is 15.9 Å². The smallest absolute Gasteiger partial charge is 0.128 e. The van der Waals surface area contributed by atoms with Crippen LogP contribution < -0.4 is 5.32 Å². The van der Waals surface area contributed by atoms with Crippen LogP contribution in [0.2, 0.25) is 0 Å². The Balaban J connectivity index is 1.98. The SMILES string of the molecule is CC(C)CNCC1CC1(C)c1ccc(Br)cc1F. The molecule has 1 saturated carbocycles. The maximum atomic E-state index is 14.0. The van der Waals surface area contributed by atoms with E-state index in [0.717, 1.165) is 29.5 Å². The number of rotatable bonds is 5. The summed E-state index contributed by atoms with van der Waals surface area (Å²) in [4.78, 5) is 0. The molecule has 2 unspecified atom stereocenters. The highest BCUT2D eigenvalue weighted by Gasteiger charge is 2.51. The predicted octanol–water partition coefficient (Wildman–Crippen LogP) is 4.11. The molecule has 0 radical (unpaired) electrons. The summed E-state index contributed by atoms with van der Waals surface area (Å²) in [6.07, 6.45) is 1.08. The van der Waals surface area contributed by atoms with E-state index in [1.165, 1.54) is 0 Å². The normalized spacial score (nSPS) is 26.7. The van der Waals surface area contributed by atoms with Gasteiger partial charge in [0.15, 0.2) is 0 Å². The van der Waals surface area contributed by atoms with Crippen molar-refractivity contribution in [1.82, 2.24) is 5.32 Å². The first kappa shape index (κ1) is 14.0. The van der Waals surface area contributed by atoms with Crippen molar-refractivity contribution < 1.29 is 4.39 Å². The standard InChI is InChI=1S/C15H21BrFN/c1-10(2)8-18-9-11-7-15(11,3)13-5-4-12(16)6-14(13)17/h4-6,10-11,18H,7-9H2,1-3H3. The maximum Gasteiger partial charge on any atom is 0.128 e. The van der Waals surface area contributed by atoms with Crippen molar-refractivity contribution in [1.29, 1.82) is 0 Å². The average molecular weight is 314 g/mol. The molecule has 0 aromatic heterocycles. The molecule has 3 heteroatoms. The summed E-state index contributed by atoms with van der Waals surface area (Å²) in [5.41, 5.74) is 0.886. The van der Waals surface area contributed by atoms with Crippen LogP contribution in [0.15, 0.2) is 22.7 Å². The van der Waals surface area contributed by atoms with Gasteiger partial charge in [-0.15, -0.1) is 0 Å². The molecule has 0 heterocycles. The van der Waals surface area contributed by atoms with Gasteiger partial charge in [0.25, 0.3) is 0 Å². The third-order valence-electron chi connectivity index (χ3n) is 3.90. The van der Waals surface area contributed by atoms with Crippen LogP contribution in [0.3, 0.4) is 0 Å². The molecule has 0 saturated heterocycles. The Labute approximate surface area is 117 Å². The predicted molar refractivity (Wildman–Crippen MR) is 77.3 cm³/mol. The number of benzene rings is 1. The fraction of sp³-hybridized carbons (Fsp3) is 0.600. The second-order valence-electron chi connectivity index (χ2n) is 5.99. The third-order valence-corrected chi connectivity index (χ3v) is 4.39. The van der Waals surface area contributed by atoms with Gasteiger partial charge in [0.1, 0.15) is 5.82 Å². The minimum Gasteiger partial charge on any atom is -0.316 e. The molecular weight excluding hydrogens is 293 g/mol. The van der Waals surface area contributed by atoms with Crippen molar-refractivity contribution in [3.05, 3.63) is 34.1 Å². The lowest BCUT2D eigenvalue weighted by molar-refractivity contribution is 0.505. The van der Waals surface area contributed by atoms with E-state index in [4.69, 9.17) is 0 Å². The van der Waals surface area contributed by atoms with Gasteiger partial charge in [0.2, 0.25) is 0 Å². The van der Waals surface area contributed by atoms with Crippen molar-refractivity contribution in [2.45, 2.75) is 32.6 Å². The molecule has 1 aliphatic rings. The Bertz CT molecular complexity index is 433. The third kappa shape index (κ3) is 2.94. The van der Waals surface area contributed by atoms with E-state index in [2.05, 4.69) is 42.0 Å². The number of nitrogens with one attached hydrogen (secondary N) is 1. The van der Waals surface area contributed by atoms with Crippen LogP contribution in [0.5, 0.6) is 0 Å². The molecule has 0 spiro atoms. The Morgan fingerprint density at radius 2 is 2.22 bits per heavy atom. The van der Waals surface area contributed by atoms with Gasteiger partial charge in [-0.1, -0.05) is 42.8 Å². The molecule has 1 fully saturated rings. The van der Waals surface area contributed by atoms with Gasteiger partial charge in [-0.05, 0) is 54.5 Å². The van der Waals surface area contributed by atoms with E-state index >= 15 is 0 Å². The van der Waals surface area contributed by atoms with E-state index in [0.29, 0.717) is 11.8 Å². The molecule has 0 amide bonds. The molecule has 1 aromatic rings. The minimum absolute atomic E-state index is 0.0226. The quantitative estimate of drug-likeness (QED) is 0.862. The van der Waals surface area contributed by atoms with Crippen LogP contribution in [0.4, 0.5) is 4.39 Å². The first-order chi connectivity index (χ1) is 8.43. The zero-order valence-electron chi connectivity index (χ0n) is 11.3. The fourth-order valence-corrected chi connectivity index (χ4v) is 2.91. The van der Waals surface area contributed by atoms with Gasteiger partial charge in [0.05, 0.1) is 0 Å². The van der Waals surface area contributed by atoms with E-state index in [1.807, 2.05) is 12.1 Å². The van der Waals surface area contributed by atoms with Crippen LogP contribution in [0, 0.1) is 17.7 Å². The molecule has 1 N–H and O–H groups in total. The van der Waals surface area contributed by atoms with Crippen LogP contribution in [-0.2, 0) is 5.41 Å². The highest BCUT2D eigenvalue weighted by atomic mass is 79.9. The van der Waals surface area contributed by atoms with Gasteiger partial charge >= 0.3 is 0 Å². The van der Waals surface area contributed by atoms with Crippen LogP contribution >= 0.6 is 15.9 Å². The first-order valence-electron chi connectivity index (χ1n) is 6.59. The minimum atomic E-state index is -0.0850. The van der Waals surface area contributed by atoms with Gasteiger partial charge in [-0.3, -0.25) is 0 Å². The lowest BCUT2D eigenvalue weighted by Crippen LogP contribution is -2.24. The van der Waals surface area contributed by atoms with Crippen LogP contribution in [0.1, 0.15) is 32.8 Å². The van der Waals surface area contributed by atoms with Crippen molar-refractivity contribution in [3.63, 3.8) is 0 Å². The fourth-order valence-electron chi connectivity index (χ4n) is 2.58. The summed E-state index contributed by atoms with van der Waals surface area (Å²) in [6, 6.07) is 5.42. The molecule has 1 aromatic carbocycles. The van der Waals surface area contributed by atoms with Gasteiger partial charge in [-0.25, -0.2) is 4.39 Å². The molecule has 100 valence electrons. The summed E-state index contributed by atoms with van der Waals surface area (Å²) in [6.45, 7) is 8.60. The summed E-state index contributed by atoms with van der Waals surface area (Å²) >= 11 is 3.30. The maximum absolute atomic E-state index is 14.0.